The Morgan fingerprint density at radius 1 is 1.50 bits per heavy atom. The van der Waals surface area contributed by atoms with E-state index in [1.54, 1.807) is 0 Å². The predicted octanol–water partition coefficient (Wildman–Crippen LogP) is 1.31. The van der Waals surface area contributed by atoms with Crippen molar-refractivity contribution >= 4 is 5.91 Å². The highest BCUT2D eigenvalue weighted by Gasteiger charge is 2.25. The Morgan fingerprint density at radius 3 is 2.64 bits per heavy atom. The summed E-state index contributed by atoms with van der Waals surface area (Å²) in [6, 6.07) is 0. The van der Waals surface area contributed by atoms with Crippen LogP contribution < -0.4 is 5.32 Å². The summed E-state index contributed by atoms with van der Waals surface area (Å²) in [7, 11) is 0. The summed E-state index contributed by atoms with van der Waals surface area (Å²) in [4.78, 5) is 11.4. The van der Waals surface area contributed by atoms with Gasteiger partial charge in [0.05, 0.1) is 0 Å². The minimum atomic E-state index is 0.00790. The summed E-state index contributed by atoms with van der Waals surface area (Å²) < 4.78 is 0. The maximum atomic E-state index is 11.4. The fourth-order valence-electron chi connectivity index (χ4n) is 1.39. The van der Waals surface area contributed by atoms with Crippen LogP contribution >= 0.6 is 0 Å². The first-order chi connectivity index (χ1) is 6.53. The maximum Gasteiger partial charge on any atom is 0.220 e. The lowest BCUT2D eigenvalue weighted by Crippen LogP contribution is -2.34. The zero-order valence-corrected chi connectivity index (χ0v) is 9.18. The smallest absolute Gasteiger partial charge is 0.220 e. The first-order valence-electron chi connectivity index (χ1n) is 5.41. The highest BCUT2D eigenvalue weighted by Crippen LogP contribution is 2.32. The molecule has 0 spiro atoms. The van der Waals surface area contributed by atoms with Gasteiger partial charge < -0.3 is 10.4 Å². The van der Waals surface area contributed by atoms with E-state index in [0.717, 1.165) is 6.42 Å². The first kappa shape index (κ1) is 11.5. The van der Waals surface area contributed by atoms with Crippen LogP contribution in [0.2, 0.25) is 0 Å². The van der Waals surface area contributed by atoms with Gasteiger partial charge in [0.15, 0.2) is 0 Å². The van der Waals surface area contributed by atoms with Gasteiger partial charge in [0.2, 0.25) is 5.91 Å². The second-order valence-electron chi connectivity index (χ2n) is 5.06. The molecule has 0 saturated heterocycles. The molecule has 1 aliphatic rings. The van der Waals surface area contributed by atoms with Crippen molar-refractivity contribution in [2.24, 2.45) is 11.3 Å². The van der Waals surface area contributed by atoms with Gasteiger partial charge in [0.1, 0.15) is 0 Å². The summed E-state index contributed by atoms with van der Waals surface area (Å²) in [5.74, 6) is 0.814. The van der Waals surface area contributed by atoms with Crippen LogP contribution in [0.15, 0.2) is 0 Å². The molecular formula is C11H21NO2. The predicted molar refractivity (Wildman–Crippen MR) is 55.8 cm³/mol. The van der Waals surface area contributed by atoms with E-state index in [2.05, 4.69) is 19.2 Å². The van der Waals surface area contributed by atoms with Gasteiger partial charge in [-0.3, -0.25) is 4.79 Å². The lowest BCUT2D eigenvalue weighted by Gasteiger charge is -2.23. The normalized spacial score (nSPS) is 16.8. The summed E-state index contributed by atoms with van der Waals surface area (Å²) in [5.41, 5.74) is 0.00790. The molecule has 0 radical (unpaired) electrons. The van der Waals surface area contributed by atoms with E-state index in [-0.39, 0.29) is 17.9 Å². The van der Waals surface area contributed by atoms with Crippen molar-refractivity contribution in [3.63, 3.8) is 0 Å². The number of carbonyl (C=O) groups excluding carboxylic acids is 1. The van der Waals surface area contributed by atoms with Crippen molar-refractivity contribution in [3.8, 4) is 0 Å². The van der Waals surface area contributed by atoms with E-state index >= 15 is 0 Å². The number of amides is 1. The zero-order chi connectivity index (χ0) is 10.6. The van der Waals surface area contributed by atoms with Crippen LogP contribution in [0.25, 0.3) is 0 Å². The number of nitrogens with one attached hydrogen (secondary N) is 1. The highest BCUT2D eigenvalue weighted by atomic mass is 16.3. The lowest BCUT2D eigenvalue weighted by molar-refractivity contribution is -0.121. The lowest BCUT2D eigenvalue weighted by atomic mass is 9.90. The van der Waals surface area contributed by atoms with Crippen molar-refractivity contribution < 1.29 is 9.90 Å². The standard InChI is InChI=1S/C11H21NO2/c1-11(2,5-6-13)8-12-10(14)7-9-3-4-9/h9,13H,3-8H2,1-2H3,(H,12,14). The number of hydrogen-bond acceptors (Lipinski definition) is 2. The third kappa shape index (κ3) is 4.61. The van der Waals surface area contributed by atoms with Crippen molar-refractivity contribution in [2.45, 2.75) is 39.5 Å². The van der Waals surface area contributed by atoms with E-state index in [1.165, 1.54) is 12.8 Å². The van der Waals surface area contributed by atoms with Gasteiger partial charge in [-0.05, 0) is 30.6 Å². The number of aliphatic hydroxyl groups excluding tert-OH is 1. The Bertz CT molecular complexity index is 197. The van der Waals surface area contributed by atoms with Crippen LogP contribution in [-0.2, 0) is 4.79 Å². The molecule has 3 nitrogen and oxygen atoms in total. The molecule has 1 rings (SSSR count). The van der Waals surface area contributed by atoms with Crippen LogP contribution in [0.1, 0.15) is 39.5 Å². The third-order valence-electron chi connectivity index (χ3n) is 2.72. The van der Waals surface area contributed by atoms with E-state index in [1.807, 2.05) is 0 Å². The SMILES string of the molecule is CC(C)(CCO)CNC(=O)CC1CC1. The molecule has 1 aliphatic carbocycles. The molecule has 0 atom stereocenters. The highest BCUT2D eigenvalue weighted by molar-refractivity contribution is 5.76. The third-order valence-corrected chi connectivity index (χ3v) is 2.72. The van der Waals surface area contributed by atoms with Crippen molar-refractivity contribution in [2.75, 3.05) is 13.2 Å². The van der Waals surface area contributed by atoms with Gasteiger partial charge in [-0.15, -0.1) is 0 Å². The monoisotopic (exact) mass is 199 g/mol. The molecule has 0 heterocycles. The number of rotatable bonds is 6. The fraction of sp³-hybridized carbons (Fsp3) is 0.909. The summed E-state index contributed by atoms with van der Waals surface area (Å²) in [6.45, 7) is 4.96. The number of aliphatic hydroxyl groups is 1. The Labute approximate surface area is 85.9 Å². The Hall–Kier alpha value is -0.570. The molecule has 1 amide bonds. The molecule has 0 aromatic heterocycles. The number of hydrogen-bond donors (Lipinski definition) is 2. The van der Waals surface area contributed by atoms with E-state index < -0.39 is 0 Å². The molecule has 0 aliphatic heterocycles. The van der Waals surface area contributed by atoms with Gasteiger partial charge in [0.25, 0.3) is 0 Å². The van der Waals surface area contributed by atoms with Crippen LogP contribution in [0.4, 0.5) is 0 Å². The van der Waals surface area contributed by atoms with Crippen molar-refractivity contribution in [3.05, 3.63) is 0 Å². The summed E-state index contributed by atoms with van der Waals surface area (Å²) in [5, 5.41) is 11.7. The summed E-state index contributed by atoms with van der Waals surface area (Å²) in [6.07, 6.45) is 3.85. The molecule has 0 aromatic rings. The second kappa shape index (κ2) is 4.78. The Balaban J connectivity index is 2.13. The average molecular weight is 199 g/mol. The zero-order valence-electron chi connectivity index (χ0n) is 9.18. The molecule has 0 unspecified atom stereocenters. The van der Waals surface area contributed by atoms with Gasteiger partial charge in [-0.25, -0.2) is 0 Å². The van der Waals surface area contributed by atoms with Gasteiger partial charge >= 0.3 is 0 Å². The molecule has 0 bridgehead atoms. The molecule has 2 N–H and O–H groups in total. The summed E-state index contributed by atoms with van der Waals surface area (Å²) >= 11 is 0. The van der Waals surface area contributed by atoms with Gasteiger partial charge in [0, 0.05) is 19.6 Å². The van der Waals surface area contributed by atoms with Crippen molar-refractivity contribution in [1.29, 1.82) is 0 Å². The van der Waals surface area contributed by atoms with E-state index in [0.29, 0.717) is 18.9 Å². The molecule has 3 heteroatoms. The first-order valence-corrected chi connectivity index (χ1v) is 5.41. The topological polar surface area (TPSA) is 49.3 Å². The van der Waals surface area contributed by atoms with Crippen molar-refractivity contribution in [1.82, 2.24) is 5.32 Å². The molecule has 82 valence electrons. The maximum absolute atomic E-state index is 11.4. The molecule has 1 fully saturated rings. The van der Waals surface area contributed by atoms with Crippen LogP contribution in [0.3, 0.4) is 0 Å². The minimum Gasteiger partial charge on any atom is -0.396 e. The minimum absolute atomic E-state index is 0.00790. The Kier molecular flexibility index (Phi) is 3.93. The van der Waals surface area contributed by atoms with Gasteiger partial charge in [-0.1, -0.05) is 13.8 Å². The van der Waals surface area contributed by atoms with E-state index in [4.69, 9.17) is 5.11 Å². The van der Waals surface area contributed by atoms with Gasteiger partial charge in [-0.2, -0.15) is 0 Å². The van der Waals surface area contributed by atoms with E-state index in [9.17, 15) is 4.79 Å². The van der Waals surface area contributed by atoms with Crippen LogP contribution in [0, 0.1) is 11.3 Å². The largest absolute Gasteiger partial charge is 0.396 e. The second-order valence-corrected chi connectivity index (χ2v) is 5.06. The fourth-order valence-corrected chi connectivity index (χ4v) is 1.39. The molecule has 1 saturated carbocycles. The average Bonchev–Trinajstić information content (AvgIpc) is 2.85. The number of carbonyl (C=O) groups is 1. The van der Waals surface area contributed by atoms with Crippen LogP contribution in [-0.4, -0.2) is 24.2 Å². The van der Waals surface area contributed by atoms with Crippen LogP contribution in [0.5, 0.6) is 0 Å². The quantitative estimate of drug-likeness (QED) is 0.677. The molecular weight excluding hydrogens is 178 g/mol. The molecule has 0 aromatic carbocycles. The Morgan fingerprint density at radius 2 is 2.14 bits per heavy atom. The molecule has 14 heavy (non-hydrogen) atoms.